The zero-order chi connectivity index (χ0) is 24.4. The van der Waals surface area contributed by atoms with Gasteiger partial charge in [-0.3, -0.25) is 9.36 Å². The summed E-state index contributed by atoms with van der Waals surface area (Å²) in [7, 11) is 6.03. The zero-order valence-electron chi connectivity index (χ0n) is 19.4. The van der Waals surface area contributed by atoms with Crippen LogP contribution in [0.5, 0.6) is 17.2 Å². The molecule has 1 unspecified atom stereocenters. The van der Waals surface area contributed by atoms with E-state index in [9.17, 15) is 9.59 Å². The molecule has 0 aliphatic carbocycles. The highest BCUT2D eigenvalue weighted by atomic mass is 32.1. The number of thiazole rings is 1. The van der Waals surface area contributed by atoms with E-state index < -0.39 is 12.0 Å². The van der Waals surface area contributed by atoms with E-state index in [1.807, 2.05) is 12.1 Å². The number of fused-ring (bicyclic) bond motifs is 1. The molecule has 2 aromatic carbocycles. The van der Waals surface area contributed by atoms with Crippen LogP contribution in [0.4, 0.5) is 0 Å². The van der Waals surface area contributed by atoms with Crippen molar-refractivity contribution in [2.45, 2.75) is 13.0 Å². The number of benzene rings is 2. The fourth-order valence-electron chi connectivity index (χ4n) is 3.89. The highest BCUT2D eigenvalue weighted by Gasteiger charge is 2.33. The molecular formula is C25H24N2O6S. The third-order valence-electron chi connectivity index (χ3n) is 5.58. The molecule has 0 spiro atoms. The SMILES string of the molecule is COC(=O)C1=C(C)N=c2s/c(=C/c3cc(OC)ccc3OC)c(=O)n2C1c1ccc(OC)cc1. The summed E-state index contributed by atoms with van der Waals surface area (Å²) in [4.78, 5) is 31.4. The number of hydrogen-bond donors (Lipinski definition) is 0. The van der Waals surface area contributed by atoms with Crippen molar-refractivity contribution < 1.29 is 23.7 Å². The zero-order valence-corrected chi connectivity index (χ0v) is 20.3. The molecule has 9 heteroatoms. The molecular weight excluding hydrogens is 456 g/mol. The van der Waals surface area contributed by atoms with Gasteiger partial charge < -0.3 is 18.9 Å². The number of aromatic nitrogens is 1. The van der Waals surface area contributed by atoms with Gasteiger partial charge in [0.1, 0.15) is 17.2 Å². The van der Waals surface area contributed by atoms with E-state index in [0.29, 0.717) is 43.4 Å². The van der Waals surface area contributed by atoms with E-state index in [1.54, 1.807) is 64.7 Å². The van der Waals surface area contributed by atoms with Gasteiger partial charge in [-0.05, 0) is 48.9 Å². The van der Waals surface area contributed by atoms with Crippen molar-refractivity contribution in [3.63, 3.8) is 0 Å². The van der Waals surface area contributed by atoms with Crippen LogP contribution in [0.25, 0.3) is 6.08 Å². The summed E-state index contributed by atoms with van der Waals surface area (Å²) in [5, 5.41) is 0. The Hall–Kier alpha value is -3.85. The Labute approximate surface area is 200 Å². The van der Waals surface area contributed by atoms with Crippen LogP contribution >= 0.6 is 11.3 Å². The molecule has 0 saturated heterocycles. The van der Waals surface area contributed by atoms with Gasteiger partial charge in [0.2, 0.25) is 0 Å². The normalized spacial score (nSPS) is 15.4. The Morgan fingerprint density at radius 1 is 1.00 bits per heavy atom. The summed E-state index contributed by atoms with van der Waals surface area (Å²) >= 11 is 1.24. The molecule has 0 saturated carbocycles. The average molecular weight is 481 g/mol. The number of allylic oxidation sites excluding steroid dienone is 1. The molecule has 176 valence electrons. The highest BCUT2D eigenvalue weighted by Crippen LogP contribution is 2.31. The summed E-state index contributed by atoms with van der Waals surface area (Å²) < 4.78 is 23.1. The van der Waals surface area contributed by atoms with Crippen molar-refractivity contribution in [3.05, 3.63) is 84.5 Å². The van der Waals surface area contributed by atoms with Gasteiger partial charge in [0, 0.05) is 5.56 Å². The molecule has 2 heterocycles. The first-order valence-electron chi connectivity index (χ1n) is 10.4. The number of methoxy groups -OCH3 is 4. The summed E-state index contributed by atoms with van der Waals surface area (Å²) in [6.07, 6.45) is 1.74. The topological polar surface area (TPSA) is 88.4 Å². The Morgan fingerprint density at radius 2 is 1.68 bits per heavy atom. The summed E-state index contributed by atoms with van der Waals surface area (Å²) in [6, 6.07) is 11.9. The van der Waals surface area contributed by atoms with Crippen LogP contribution in [0.2, 0.25) is 0 Å². The number of carbonyl (C=O) groups excluding carboxylic acids is 1. The maximum absolute atomic E-state index is 13.7. The molecule has 0 bridgehead atoms. The maximum atomic E-state index is 13.7. The van der Waals surface area contributed by atoms with Crippen molar-refractivity contribution in [1.29, 1.82) is 0 Å². The van der Waals surface area contributed by atoms with E-state index in [2.05, 4.69) is 4.99 Å². The third kappa shape index (κ3) is 4.10. The smallest absolute Gasteiger partial charge is 0.338 e. The van der Waals surface area contributed by atoms with Gasteiger partial charge in [-0.25, -0.2) is 9.79 Å². The lowest BCUT2D eigenvalue weighted by Crippen LogP contribution is -2.39. The van der Waals surface area contributed by atoms with Gasteiger partial charge in [0.15, 0.2) is 4.80 Å². The molecule has 4 rings (SSSR count). The molecule has 8 nitrogen and oxygen atoms in total. The number of hydrogen-bond acceptors (Lipinski definition) is 8. The second-order valence-corrected chi connectivity index (χ2v) is 8.46. The lowest BCUT2D eigenvalue weighted by molar-refractivity contribution is -0.136. The van der Waals surface area contributed by atoms with Gasteiger partial charge in [-0.1, -0.05) is 23.5 Å². The first kappa shape index (κ1) is 23.3. The van der Waals surface area contributed by atoms with Crippen LogP contribution in [-0.4, -0.2) is 39.0 Å². The maximum Gasteiger partial charge on any atom is 0.338 e. The monoisotopic (exact) mass is 480 g/mol. The molecule has 1 aliphatic heterocycles. The molecule has 1 aliphatic rings. The van der Waals surface area contributed by atoms with Gasteiger partial charge in [0.25, 0.3) is 5.56 Å². The highest BCUT2D eigenvalue weighted by molar-refractivity contribution is 7.07. The molecule has 1 aromatic heterocycles. The van der Waals surface area contributed by atoms with Crippen LogP contribution in [0.15, 0.2) is 63.5 Å². The minimum absolute atomic E-state index is 0.275. The molecule has 0 radical (unpaired) electrons. The second-order valence-electron chi connectivity index (χ2n) is 7.45. The predicted molar refractivity (Wildman–Crippen MR) is 128 cm³/mol. The number of carbonyl (C=O) groups is 1. The van der Waals surface area contributed by atoms with Crippen molar-refractivity contribution in [1.82, 2.24) is 4.57 Å². The fraction of sp³-hybridized carbons (Fsp3) is 0.240. The standard InChI is InChI=1S/C25H24N2O6S/c1-14-21(24(29)33-5)22(15-6-8-17(30-2)9-7-15)27-23(28)20(34-25(27)26-14)13-16-12-18(31-3)10-11-19(16)32-4/h6-13,22H,1-5H3/b20-13+. The molecule has 0 fully saturated rings. The number of rotatable bonds is 6. The Bertz CT molecular complexity index is 1450. The van der Waals surface area contributed by atoms with Crippen LogP contribution in [0.1, 0.15) is 24.1 Å². The Kier molecular flexibility index (Phi) is 6.56. The molecule has 34 heavy (non-hydrogen) atoms. The van der Waals surface area contributed by atoms with Gasteiger partial charge in [0.05, 0.1) is 50.3 Å². The van der Waals surface area contributed by atoms with Crippen LogP contribution < -0.4 is 29.1 Å². The van der Waals surface area contributed by atoms with Crippen molar-refractivity contribution in [3.8, 4) is 17.2 Å². The minimum atomic E-state index is -0.691. The van der Waals surface area contributed by atoms with E-state index >= 15 is 0 Å². The predicted octanol–water partition coefficient (Wildman–Crippen LogP) is 2.43. The van der Waals surface area contributed by atoms with Crippen molar-refractivity contribution in [2.24, 2.45) is 4.99 Å². The average Bonchev–Trinajstić information content (AvgIpc) is 3.16. The van der Waals surface area contributed by atoms with Crippen LogP contribution in [0, 0.1) is 0 Å². The van der Waals surface area contributed by atoms with Gasteiger partial charge in [-0.2, -0.15) is 0 Å². The third-order valence-corrected chi connectivity index (χ3v) is 6.56. The lowest BCUT2D eigenvalue weighted by Gasteiger charge is -2.24. The number of ether oxygens (including phenoxy) is 4. The number of nitrogens with zero attached hydrogens (tertiary/aromatic N) is 2. The Morgan fingerprint density at radius 3 is 2.29 bits per heavy atom. The largest absolute Gasteiger partial charge is 0.497 e. The summed E-state index contributed by atoms with van der Waals surface area (Å²) in [5.41, 5.74) is 1.97. The van der Waals surface area contributed by atoms with Crippen molar-refractivity contribution in [2.75, 3.05) is 28.4 Å². The van der Waals surface area contributed by atoms with Gasteiger partial charge >= 0.3 is 5.97 Å². The quantitative estimate of drug-likeness (QED) is 0.504. The second kappa shape index (κ2) is 9.56. The first-order chi connectivity index (χ1) is 16.4. The van der Waals surface area contributed by atoms with E-state index in [0.717, 1.165) is 5.56 Å². The van der Waals surface area contributed by atoms with Gasteiger partial charge in [-0.15, -0.1) is 0 Å². The molecule has 1 atom stereocenters. The lowest BCUT2D eigenvalue weighted by atomic mass is 9.96. The fourth-order valence-corrected chi connectivity index (χ4v) is 4.93. The van der Waals surface area contributed by atoms with Crippen LogP contribution in [0.3, 0.4) is 0 Å². The van der Waals surface area contributed by atoms with Crippen LogP contribution in [-0.2, 0) is 9.53 Å². The molecule has 0 N–H and O–H groups in total. The minimum Gasteiger partial charge on any atom is -0.497 e. The van der Waals surface area contributed by atoms with E-state index in [4.69, 9.17) is 18.9 Å². The summed E-state index contributed by atoms with van der Waals surface area (Å²) in [6.45, 7) is 1.74. The summed E-state index contributed by atoms with van der Waals surface area (Å²) in [5.74, 6) is 1.37. The molecule has 3 aromatic rings. The van der Waals surface area contributed by atoms with Crippen molar-refractivity contribution >= 4 is 23.4 Å². The number of esters is 1. The van der Waals surface area contributed by atoms with E-state index in [-0.39, 0.29) is 5.56 Å². The van der Waals surface area contributed by atoms with E-state index in [1.165, 1.54) is 23.0 Å². The Balaban J connectivity index is 1.96. The first-order valence-corrected chi connectivity index (χ1v) is 11.2. The molecule has 0 amide bonds.